The third kappa shape index (κ3) is 5.39. The average molecular weight is 334 g/mol. The third-order valence-electron chi connectivity index (χ3n) is 3.18. The van der Waals surface area contributed by atoms with Crippen LogP contribution in [0.3, 0.4) is 0 Å². The van der Waals surface area contributed by atoms with Crippen LogP contribution in [0.4, 0.5) is 0 Å². The van der Waals surface area contributed by atoms with Gasteiger partial charge in [0.2, 0.25) is 10.0 Å². The van der Waals surface area contributed by atoms with Gasteiger partial charge in [-0.2, -0.15) is 0 Å². The van der Waals surface area contributed by atoms with Gasteiger partial charge in [0.1, 0.15) is 0 Å². The minimum Gasteiger partial charge on any atom is -0.303 e. The van der Waals surface area contributed by atoms with Gasteiger partial charge in [0.05, 0.1) is 9.79 Å². The Kier molecular flexibility index (Phi) is 6.33. The maximum Gasteiger partial charge on any atom is 0.240 e. The Labute approximate surface area is 127 Å². The maximum absolute atomic E-state index is 12.1. The van der Waals surface area contributed by atoms with Crippen molar-refractivity contribution in [1.82, 2.24) is 9.62 Å². The van der Waals surface area contributed by atoms with Gasteiger partial charge < -0.3 is 4.90 Å². The van der Waals surface area contributed by atoms with Crippen LogP contribution in [0, 0.1) is 0 Å². The number of hydrogen-bond acceptors (Lipinski definition) is 5. The highest BCUT2D eigenvalue weighted by atomic mass is 32.2. The normalized spacial score (nSPS) is 12.8. The summed E-state index contributed by atoms with van der Waals surface area (Å²) in [5.74, 6) is 0. The predicted molar refractivity (Wildman–Crippen MR) is 82.5 cm³/mol. The Morgan fingerprint density at radius 2 is 1.43 bits per heavy atom. The van der Waals surface area contributed by atoms with E-state index < -0.39 is 19.9 Å². The molecule has 21 heavy (non-hydrogen) atoms. The molecular weight excluding hydrogens is 312 g/mol. The van der Waals surface area contributed by atoms with Gasteiger partial charge >= 0.3 is 0 Å². The largest absolute Gasteiger partial charge is 0.303 e. The van der Waals surface area contributed by atoms with E-state index in [9.17, 15) is 16.8 Å². The standard InChI is InChI=1S/C13H22N2O4S2/c1-4-15(5-2)11-10-14-21(18,19)13-8-6-12(7-9-13)20(3,16)17/h6-9,14H,4-5,10-11H2,1-3H3. The van der Waals surface area contributed by atoms with Crippen molar-refractivity contribution in [2.45, 2.75) is 23.6 Å². The second kappa shape index (κ2) is 7.35. The number of nitrogens with zero attached hydrogens (tertiary/aromatic N) is 1. The number of sulfone groups is 1. The fraction of sp³-hybridized carbons (Fsp3) is 0.538. The number of benzene rings is 1. The van der Waals surface area contributed by atoms with Gasteiger partial charge in [0.15, 0.2) is 9.84 Å². The van der Waals surface area contributed by atoms with E-state index in [1.54, 1.807) is 0 Å². The van der Waals surface area contributed by atoms with Crippen LogP contribution in [-0.2, 0) is 19.9 Å². The van der Waals surface area contributed by atoms with Crippen LogP contribution in [-0.4, -0.2) is 54.2 Å². The van der Waals surface area contributed by atoms with Gasteiger partial charge in [0, 0.05) is 19.3 Å². The number of likely N-dealkylation sites (N-methyl/N-ethyl adjacent to an activating group) is 1. The molecule has 0 aromatic heterocycles. The van der Waals surface area contributed by atoms with Crippen molar-refractivity contribution in [3.05, 3.63) is 24.3 Å². The molecule has 0 bridgehead atoms. The van der Waals surface area contributed by atoms with E-state index in [1.165, 1.54) is 24.3 Å². The molecule has 0 spiro atoms. The van der Waals surface area contributed by atoms with Crippen molar-refractivity contribution in [2.24, 2.45) is 0 Å². The number of rotatable bonds is 8. The van der Waals surface area contributed by atoms with Crippen LogP contribution in [0.25, 0.3) is 0 Å². The van der Waals surface area contributed by atoms with Crippen LogP contribution >= 0.6 is 0 Å². The van der Waals surface area contributed by atoms with Gasteiger partial charge in [-0.1, -0.05) is 13.8 Å². The molecule has 0 unspecified atom stereocenters. The van der Waals surface area contributed by atoms with Gasteiger partial charge in [-0.05, 0) is 37.4 Å². The monoisotopic (exact) mass is 334 g/mol. The first-order valence-corrected chi connectivity index (χ1v) is 10.1. The molecule has 0 atom stereocenters. The molecule has 0 saturated heterocycles. The van der Waals surface area contributed by atoms with Crippen molar-refractivity contribution in [1.29, 1.82) is 0 Å². The van der Waals surface area contributed by atoms with E-state index in [4.69, 9.17) is 0 Å². The highest BCUT2D eigenvalue weighted by Gasteiger charge is 2.15. The highest BCUT2D eigenvalue weighted by Crippen LogP contribution is 2.14. The second-order valence-corrected chi connectivity index (χ2v) is 8.45. The molecule has 0 aliphatic rings. The van der Waals surface area contributed by atoms with E-state index in [0.29, 0.717) is 13.1 Å². The van der Waals surface area contributed by atoms with Crippen LogP contribution in [0.2, 0.25) is 0 Å². The first-order valence-electron chi connectivity index (χ1n) is 6.73. The van der Waals surface area contributed by atoms with E-state index in [0.717, 1.165) is 19.3 Å². The third-order valence-corrected chi connectivity index (χ3v) is 5.78. The molecule has 1 rings (SSSR count). The maximum atomic E-state index is 12.1. The lowest BCUT2D eigenvalue weighted by molar-refractivity contribution is 0.309. The summed E-state index contributed by atoms with van der Waals surface area (Å²) in [6, 6.07) is 5.20. The summed E-state index contributed by atoms with van der Waals surface area (Å²) in [6.07, 6.45) is 1.08. The van der Waals surface area contributed by atoms with Crippen LogP contribution in [0.15, 0.2) is 34.1 Å². The van der Waals surface area contributed by atoms with Crippen molar-refractivity contribution in [3.63, 3.8) is 0 Å². The smallest absolute Gasteiger partial charge is 0.240 e. The summed E-state index contributed by atoms with van der Waals surface area (Å²) in [5, 5.41) is 0. The Morgan fingerprint density at radius 1 is 0.952 bits per heavy atom. The quantitative estimate of drug-likeness (QED) is 0.757. The average Bonchev–Trinajstić information content (AvgIpc) is 2.43. The summed E-state index contributed by atoms with van der Waals surface area (Å²) >= 11 is 0. The van der Waals surface area contributed by atoms with E-state index in [-0.39, 0.29) is 9.79 Å². The van der Waals surface area contributed by atoms with Gasteiger partial charge in [0.25, 0.3) is 0 Å². The Morgan fingerprint density at radius 3 is 1.86 bits per heavy atom. The topological polar surface area (TPSA) is 83.6 Å². The number of sulfonamides is 1. The van der Waals surface area contributed by atoms with E-state index in [1.807, 2.05) is 13.8 Å². The Balaban J connectivity index is 2.75. The summed E-state index contributed by atoms with van der Waals surface area (Å²) < 4.78 is 49.3. The van der Waals surface area contributed by atoms with Gasteiger partial charge in [-0.3, -0.25) is 0 Å². The van der Waals surface area contributed by atoms with E-state index in [2.05, 4.69) is 9.62 Å². The minimum atomic E-state index is -3.61. The number of hydrogen-bond donors (Lipinski definition) is 1. The molecule has 0 heterocycles. The summed E-state index contributed by atoms with van der Waals surface area (Å²) in [5.41, 5.74) is 0. The molecule has 1 aromatic rings. The molecule has 0 amide bonds. The lowest BCUT2D eigenvalue weighted by Crippen LogP contribution is -2.34. The summed E-state index contributed by atoms with van der Waals surface area (Å²) in [4.78, 5) is 2.27. The molecule has 120 valence electrons. The first-order chi connectivity index (χ1) is 9.70. The highest BCUT2D eigenvalue weighted by molar-refractivity contribution is 7.90. The molecule has 6 nitrogen and oxygen atoms in total. The second-order valence-electron chi connectivity index (χ2n) is 4.67. The number of nitrogens with one attached hydrogen (secondary N) is 1. The molecule has 1 N–H and O–H groups in total. The predicted octanol–water partition coefficient (Wildman–Crippen LogP) is 0.710. The zero-order chi connectivity index (χ0) is 16.1. The Hall–Kier alpha value is -0.960. The van der Waals surface area contributed by atoms with Crippen LogP contribution in [0.1, 0.15) is 13.8 Å². The zero-order valence-corrected chi connectivity index (χ0v) is 14.2. The van der Waals surface area contributed by atoms with Crippen LogP contribution < -0.4 is 4.72 Å². The fourth-order valence-electron chi connectivity index (χ4n) is 1.83. The lowest BCUT2D eigenvalue weighted by atomic mass is 10.4. The van der Waals surface area contributed by atoms with Crippen molar-refractivity contribution in [2.75, 3.05) is 32.4 Å². The van der Waals surface area contributed by atoms with Gasteiger partial charge in [-0.25, -0.2) is 21.6 Å². The molecular formula is C13H22N2O4S2. The first kappa shape index (κ1) is 18.1. The van der Waals surface area contributed by atoms with Crippen LogP contribution in [0.5, 0.6) is 0 Å². The molecule has 0 fully saturated rings. The lowest BCUT2D eigenvalue weighted by Gasteiger charge is -2.18. The summed E-state index contributed by atoms with van der Waals surface area (Å²) in [6.45, 7) is 6.71. The molecule has 0 aliphatic carbocycles. The fourth-order valence-corrected chi connectivity index (χ4v) is 3.48. The minimum absolute atomic E-state index is 0.0643. The van der Waals surface area contributed by atoms with Gasteiger partial charge in [-0.15, -0.1) is 0 Å². The van der Waals surface area contributed by atoms with Crippen molar-refractivity contribution < 1.29 is 16.8 Å². The molecule has 0 saturated carbocycles. The molecule has 0 radical (unpaired) electrons. The Bertz CT molecular complexity index is 648. The summed E-state index contributed by atoms with van der Waals surface area (Å²) in [7, 11) is -6.93. The molecule has 0 aliphatic heterocycles. The molecule has 1 aromatic carbocycles. The zero-order valence-electron chi connectivity index (χ0n) is 12.5. The van der Waals surface area contributed by atoms with Crippen molar-refractivity contribution in [3.8, 4) is 0 Å². The van der Waals surface area contributed by atoms with E-state index >= 15 is 0 Å². The SMILES string of the molecule is CCN(CC)CCNS(=O)(=O)c1ccc(S(C)(=O)=O)cc1. The van der Waals surface area contributed by atoms with Crippen molar-refractivity contribution >= 4 is 19.9 Å². The molecule has 8 heteroatoms.